The lowest BCUT2D eigenvalue weighted by Crippen LogP contribution is -2.47. The Morgan fingerprint density at radius 1 is 0.903 bits per heavy atom. The number of carbonyl (C=O) groups is 2. The van der Waals surface area contributed by atoms with Gasteiger partial charge in [-0.3, -0.25) is 4.79 Å². The molecule has 1 saturated carbocycles. The normalized spacial score (nSPS) is 18.5. The topological polar surface area (TPSA) is 52.7 Å². The van der Waals surface area contributed by atoms with Crippen molar-refractivity contribution in [2.75, 3.05) is 31.5 Å². The highest BCUT2D eigenvalue weighted by Gasteiger charge is 2.45. The molecule has 7 heteroatoms. The summed E-state index contributed by atoms with van der Waals surface area (Å²) in [5, 5.41) is 3.50. The Balaban J connectivity index is 1.44. The summed E-state index contributed by atoms with van der Waals surface area (Å²) in [6.45, 7) is 2.12. The van der Waals surface area contributed by atoms with Gasteiger partial charge in [-0.1, -0.05) is 36.6 Å². The van der Waals surface area contributed by atoms with Crippen molar-refractivity contribution in [2.45, 2.75) is 37.5 Å². The van der Waals surface area contributed by atoms with E-state index in [-0.39, 0.29) is 17.8 Å². The van der Waals surface area contributed by atoms with E-state index in [4.69, 9.17) is 11.6 Å². The van der Waals surface area contributed by atoms with Crippen LogP contribution in [0.5, 0.6) is 0 Å². The number of nitrogens with one attached hydrogen (secondary N) is 1. The van der Waals surface area contributed by atoms with Gasteiger partial charge in [0.05, 0.1) is 5.41 Å². The van der Waals surface area contributed by atoms with Crippen molar-refractivity contribution in [1.29, 1.82) is 0 Å². The number of carbonyl (C=O) groups excluding carboxylic acids is 2. The maximum absolute atomic E-state index is 13.9. The van der Waals surface area contributed by atoms with Gasteiger partial charge in [-0.05, 0) is 61.2 Å². The molecule has 0 atom stereocenters. The van der Waals surface area contributed by atoms with Crippen LogP contribution in [0.25, 0.3) is 0 Å². The molecule has 4 rings (SSSR count). The van der Waals surface area contributed by atoms with Crippen molar-refractivity contribution in [3.8, 4) is 0 Å². The highest BCUT2D eigenvalue weighted by Crippen LogP contribution is 2.43. The molecule has 2 aromatic carbocycles. The van der Waals surface area contributed by atoms with E-state index >= 15 is 0 Å². The highest BCUT2D eigenvalue weighted by atomic mass is 35.5. The minimum absolute atomic E-state index is 0.0653. The van der Waals surface area contributed by atoms with E-state index in [1.807, 2.05) is 11.0 Å². The summed E-state index contributed by atoms with van der Waals surface area (Å²) in [6.07, 6.45) is 4.12. The zero-order valence-electron chi connectivity index (χ0n) is 17.4. The molecule has 0 bridgehead atoms. The molecule has 2 fully saturated rings. The first-order valence-electron chi connectivity index (χ1n) is 10.8. The number of urea groups is 1. The Kier molecular flexibility index (Phi) is 6.46. The standard InChI is InChI=1S/C24H27ClFN3O2/c25-19-7-9-21(10-8-19)27-23(31)29-14-4-13-28(15-16-29)22(30)24(11-1-2-12-24)18-5-3-6-20(26)17-18/h3,5-10,17H,1-2,4,11-16H2,(H,27,31). The number of nitrogens with zero attached hydrogens (tertiary/aromatic N) is 2. The van der Waals surface area contributed by atoms with Crippen molar-refractivity contribution in [3.05, 3.63) is 64.9 Å². The Morgan fingerprint density at radius 3 is 2.29 bits per heavy atom. The molecule has 1 aliphatic carbocycles. The van der Waals surface area contributed by atoms with Crippen LogP contribution >= 0.6 is 11.6 Å². The molecule has 1 heterocycles. The summed E-state index contributed by atoms with van der Waals surface area (Å²) in [6, 6.07) is 13.3. The smallest absolute Gasteiger partial charge is 0.321 e. The van der Waals surface area contributed by atoms with Gasteiger partial charge in [0.15, 0.2) is 0 Å². The SMILES string of the molecule is O=C(Nc1ccc(Cl)cc1)N1CCCN(C(=O)C2(c3cccc(F)c3)CCCC2)CC1. The zero-order valence-corrected chi connectivity index (χ0v) is 18.2. The predicted octanol–water partition coefficient (Wildman–Crippen LogP) is 5.06. The second-order valence-corrected chi connectivity index (χ2v) is 8.81. The average Bonchev–Trinajstić information content (AvgIpc) is 3.14. The molecule has 164 valence electrons. The van der Waals surface area contributed by atoms with Crippen LogP contribution in [0.3, 0.4) is 0 Å². The lowest BCUT2D eigenvalue weighted by atomic mass is 9.77. The number of amides is 3. The molecular formula is C24H27ClFN3O2. The first-order chi connectivity index (χ1) is 15.0. The van der Waals surface area contributed by atoms with Gasteiger partial charge in [-0.15, -0.1) is 0 Å². The Labute approximate surface area is 187 Å². The fourth-order valence-electron chi connectivity index (χ4n) is 4.75. The first kappa shape index (κ1) is 21.6. The van der Waals surface area contributed by atoms with E-state index in [0.29, 0.717) is 43.3 Å². The number of halogens is 2. The predicted molar refractivity (Wildman–Crippen MR) is 120 cm³/mol. The van der Waals surface area contributed by atoms with Gasteiger partial charge in [-0.2, -0.15) is 0 Å². The molecule has 1 saturated heterocycles. The molecule has 5 nitrogen and oxygen atoms in total. The molecule has 1 aliphatic heterocycles. The minimum Gasteiger partial charge on any atom is -0.340 e. The van der Waals surface area contributed by atoms with Gasteiger partial charge in [0.1, 0.15) is 5.82 Å². The number of hydrogen-bond donors (Lipinski definition) is 1. The van der Waals surface area contributed by atoms with Crippen molar-refractivity contribution in [3.63, 3.8) is 0 Å². The quantitative estimate of drug-likeness (QED) is 0.721. The second-order valence-electron chi connectivity index (χ2n) is 8.37. The molecule has 31 heavy (non-hydrogen) atoms. The third-order valence-corrected chi connectivity index (χ3v) is 6.66. The van der Waals surface area contributed by atoms with E-state index in [1.165, 1.54) is 12.1 Å². The van der Waals surface area contributed by atoms with Crippen LogP contribution in [0.4, 0.5) is 14.9 Å². The van der Waals surface area contributed by atoms with E-state index in [9.17, 15) is 14.0 Å². The van der Waals surface area contributed by atoms with E-state index in [0.717, 1.165) is 31.2 Å². The van der Waals surface area contributed by atoms with Gasteiger partial charge in [0.25, 0.3) is 0 Å². The Hall–Kier alpha value is -2.60. The summed E-state index contributed by atoms with van der Waals surface area (Å²) in [5.41, 5.74) is 0.808. The summed E-state index contributed by atoms with van der Waals surface area (Å²) in [7, 11) is 0. The number of anilines is 1. The van der Waals surface area contributed by atoms with Crippen LogP contribution < -0.4 is 5.32 Å². The number of benzene rings is 2. The first-order valence-corrected chi connectivity index (χ1v) is 11.2. The molecule has 3 amide bonds. The van der Waals surface area contributed by atoms with Gasteiger partial charge in [-0.25, -0.2) is 9.18 Å². The Bertz CT molecular complexity index is 944. The van der Waals surface area contributed by atoms with E-state index in [2.05, 4.69) is 5.32 Å². The van der Waals surface area contributed by atoms with Crippen LogP contribution in [0.15, 0.2) is 48.5 Å². The second kappa shape index (κ2) is 9.27. The van der Waals surface area contributed by atoms with Crippen LogP contribution in [-0.2, 0) is 10.2 Å². The minimum atomic E-state index is -0.650. The largest absolute Gasteiger partial charge is 0.340 e. The van der Waals surface area contributed by atoms with Crippen LogP contribution in [-0.4, -0.2) is 47.9 Å². The van der Waals surface area contributed by atoms with Crippen LogP contribution in [0.1, 0.15) is 37.7 Å². The van der Waals surface area contributed by atoms with Crippen molar-refractivity contribution in [2.24, 2.45) is 0 Å². The van der Waals surface area contributed by atoms with E-state index < -0.39 is 5.41 Å². The third-order valence-electron chi connectivity index (χ3n) is 6.41. The summed E-state index contributed by atoms with van der Waals surface area (Å²) in [5.74, 6) is -0.243. The molecule has 0 radical (unpaired) electrons. The molecular weight excluding hydrogens is 417 g/mol. The summed E-state index contributed by atoms with van der Waals surface area (Å²) in [4.78, 5) is 30.0. The van der Waals surface area contributed by atoms with Crippen LogP contribution in [0.2, 0.25) is 5.02 Å². The third kappa shape index (κ3) is 4.69. The monoisotopic (exact) mass is 443 g/mol. The fraction of sp³-hybridized carbons (Fsp3) is 0.417. The van der Waals surface area contributed by atoms with Gasteiger partial charge >= 0.3 is 6.03 Å². The van der Waals surface area contributed by atoms with Gasteiger partial charge in [0.2, 0.25) is 5.91 Å². The zero-order chi connectivity index (χ0) is 21.8. The van der Waals surface area contributed by atoms with Crippen molar-refractivity contribution >= 4 is 29.2 Å². The van der Waals surface area contributed by atoms with Crippen molar-refractivity contribution < 1.29 is 14.0 Å². The molecule has 2 aromatic rings. The fourth-order valence-corrected chi connectivity index (χ4v) is 4.88. The Morgan fingerprint density at radius 2 is 1.58 bits per heavy atom. The molecule has 2 aliphatic rings. The molecule has 0 unspecified atom stereocenters. The maximum atomic E-state index is 13.9. The van der Waals surface area contributed by atoms with Gasteiger partial charge < -0.3 is 15.1 Å². The lowest BCUT2D eigenvalue weighted by molar-refractivity contribution is -0.137. The van der Waals surface area contributed by atoms with Gasteiger partial charge in [0, 0.05) is 36.9 Å². The summed E-state index contributed by atoms with van der Waals surface area (Å²) >= 11 is 5.90. The molecule has 1 N–H and O–H groups in total. The maximum Gasteiger partial charge on any atom is 0.321 e. The van der Waals surface area contributed by atoms with E-state index in [1.54, 1.807) is 35.2 Å². The number of rotatable bonds is 3. The van der Waals surface area contributed by atoms with Crippen LogP contribution in [0, 0.1) is 5.82 Å². The summed E-state index contributed by atoms with van der Waals surface area (Å²) < 4.78 is 13.9. The number of hydrogen-bond acceptors (Lipinski definition) is 2. The molecule has 0 aromatic heterocycles. The highest BCUT2D eigenvalue weighted by molar-refractivity contribution is 6.30. The van der Waals surface area contributed by atoms with Crippen molar-refractivity contribution in [1.82, 2.24) is 9.80 Å². The molecule has 0 spiro atoms. The average molecular weight is 444 g/mol. The lowest BCUT2D eigenvalue weighted by Gasteiger charge is -2.34.